The Balaban J connectivity index is 1.53. The molecule has 2 heterocycles. The average Bonchev–Trinajstić information content (AvgIpc) is 2.97. The maximum atomic E-state index is 12.7. The second-order valence-corrected chi connectivity index (χ2v) is 7.49. The molecule has 1 amide bonds. The van der Waals surface area contributed by atoms with Crippen molar-refractivity contribution < 1.29 is 4.79 Å². The number of amides is 1. The van der Waals surface area contributed by atoms with Gasteiger partial charge in [-0.2, -0.15) is 10.4 Å². The lowest BCUT2D eigenvalue weighted by Crippen LogP contribution is -2.48. The smallest absolute Gasteiger partial charge is 0.223 e. The first-order chi connectivity index (χ1) is 13.5. The number of benzene rings is 1. The molecule has 28 heavy (non-hydrogen) atoms. The number of anilines is 1. The Morgan fingerprint density at radius 1 is 1.18 bits per heavy atom. The summed E-state index contributed by atoms with van der Waals surface area (Å²) in [5, 5.41) is 13.3. The number of nitrogens with zero attached hydrogens (tertiary/aromatic N) is 5. The van der Waals surface area contributed by atoms with E-state index < -0.39 is 0 Å². The van der Waals surface area contributed by atoms with E-state index in [2.05, 4.69) is 47.3 Å². The minimum atomic E-state index is 0.215. The molecule has 148 valence electrons. The summed E-state index contributed by atoms with van der Waals surface area (Å²) in [5.74, 6) is 0.215. The van der Waals surface area contributed by atoms with Crippen LogP contribution in [-0.2, 0) is 17.8 Å². The van der Waals surface area contributed by atoms with Crippen molar-refractivity contribution in [3.8, 4) is 6.07 Å². The lowest BCUT2D eigenvalue weighted by atomic mass is 10.1. The molecule has 1 aliphatic heterocycles. The van der Waals surface area contributed by atoms with Gasteiger partial charge in [0.25, 0.3) is 0 Å². The van der Waals surface area contributed by atoms with Gasteiger partial charge >= 0.3 is 0 Å². The summed E-state index contributed by atoms with van der Waals surface area (Å²) in [6.07, 6.45) is 1.67. The van der Waals surface area contributed by atoms with E-state index in [4.69, 9.17) is 5.26 Å². The number of carbonyl (C=O) groups is 1. The maximum absolute atomic E-state index is 12.7. The van der Waals surface area contributed by atoms with Crippen molar-refractivity contribution in [3.63, 3.8) is 0 Å². The Hall–Kier alpha value is -2.81. The molecule has 6 nitrogen and oxygen atoms in total. The molecule has 2 aromatic rings. The summed E-state index contributed by atoms with van der Waals surface area (Å²) in [6.45, 7) is 10.0. The molecule has 0 N–H and O–H groups in total. The molecule has 1 aromatic carbocycles. The van der Waals surface area contributed by atoms with Crippen molar-refractivity contribution in [2.45, 2.75) is 46.6 Å². The van der Waals surface area contributed by atoms with Crippen LogP contribution in [0.25, 0.3) is 0 Å². The topological polar surface area (TPSA) is 65.2 Å². The lowest BCUT2D eigenvalue weighted by Gasteiger charge is -2.36. The van der Waals surface area contributed by atoms with Gasteiger partial charge in [0.1, 0.15) is 0 Å². The fraction of sp³-hybridized carbons (Fsp3) is 0.500. The summed E-state index contributed by atoms with van der Waals surface area (Å²) in [4.78, 5) is 17.0. The van der Waals surface area contributed by atoms with E-state index in [0.29, 0.717) is 25.8 Å². The molecule has 1 aromatic heterocycles. The van der Waals surface area contributed by atoms with Crippen molar-refractivity contribution in [2.75, 3.05) is 31.1 Å². The number of carbonyl (C=O) groups excluding carboxylic acids is 1. The van der Waals surface area contributed by atoms with Crippen molar-refractivity contribution in [2.24, 2.45) is 0 Å². The molecule has 0 saturated carbocycles. The van der Waals surface area contributed by atoms with Gasteiger partial charge in [0.15, 0.2) is 0 Å². The van der Waals surface area contributed by atoms with Gasteiger partial charge in [0.05, 0.1) is 24.7 Å². The van der Waals surface area contributed by atoms with E-state index in [-0.39, 0.29) is 5.91 Å². The summed E-state index contributed by atoms with van der Waals surface area (Å²) in [7, 11) is 0. The van der Waals surface area contributed by atoms with Crippen LogP contribution in [0.5, 0.6) is 0 Å². The zero-order valence-electron chi connectivity index (χ0n) is 17.1. The van der Waals surface area contributed by atoms with Crippen LogP contribution in [0.4, 0.5) is 5.69 Å². The number of rotatable bonds is 6. The van der Waals surface area contributed by atoms with Gasteiger partial charge in [-0.3, -0.25) is 9.48 Å². The molecule has 6 heteroatoms. The summed E-state index contributed by atoms with van der Waals surface area (Å²) in [5.41, 5.74) is 5.68. The zero-order chi connectivity index (χ0) is 20.1. The van der Waals surface area contributed by atoms with Gasteiger partial charge in [-0.05, 0) is 50.5 Å². The Bertz CT molecular complexity index is 872. The van der Waals surface area contributed by atoms with E-state index in [0.717, 1.165) is 43.1 Å². The van der Waals surface area contributed by atoms with Crippen molar-refractivity contribution in [1.29, 1.82) is 5.26 Å². The summed E-state index contributed by atoms with van der Waals surface area (Å²) < 4.78 is 1.89. The van der Waals surface area contributed by atoms with Crippen molar-refractivity contribution >= 4 is 11.6 Å². The third kappa shape index (κ3) is 4.53. The van der Waals surface area contributed by atoms with E-state index in [1.165, 1.54) is 11.3 Å². The molecule has 1 aliphatic rings. The number of hydrogen-bond acceptors (Lipinski definition) is 4. The van der Waals surface area contributed by atoms with Crippen molar-refractivity contribution in [1.82, 2.24) is 14.7 Å². The maximum Gasteiger partial charge on any atom is 0.223 e. The quantitative estimate of drug-likeness (QED) is 0.774. The summed E-state index contributed by atoms with van der Waals surface area (Å²) in [6, 6.07) is 10.7. The highest BCUT2D eigenvalue weighted by atomic mass is 16.2. The monoisotopic (exact) mass is 379 g/mol. The molecule has 0 aliphatic carbocycles. The normalized spacial score (nSPS) is 14.2. The molecule has 0 radical (unpaired) electrons. The molecule has 1 fully saturated rings. The first-order valence-corrected chi connectivity index (χ1v) is 9.99. The molecular weight excluding hydrogens is 350 g/mol. The highest BCUT2D eigenvalue weighted by molar-refractivity contribution is 5.77. The Morgan fingerprint density at radius 2 is 1.93 bits per heavy atom. The van der Waals surface area contributed by atoms with E-state index in [9.17, 15) is 4.79 Å². The Labute approximate surface area is 167 Å². The molecule has 0 atom stereocenters. The van der Waals surface area contributed by atoms with Crippen LogP contribution in [0.3, 0.4) is 0 Å². The first-order valence-electron chi connectivity index (χ1n) is 9.99. The van der Waals surface area contributed by atoms with Gasteiger partial charge in [-0.25, -0.2) is 0 Å². The standard InChI is InChI=1S/C22H29N5O/c1-17-6-4-7-20(16-17)25-12-14-26(15-13-25)22(28)9-8-21-18(2)24-27(19(21)3)11-5-10-23/h4,6-7,16H,5,8-9,11-15H2,1-3H3. The second-order valence-electron chi connectivity index (χ2n) is 7.49. The van der Waals surface area contributed by atoms with Crippen molar-refractivity contribution in [3.05, 3.63) is 46.8 Å². The van der Waals surface area contributed by atoms with Crippen LogP contribution < -0.4 is 4.90 Å². The highest BCUT2D eigenvalue weighted by Gasteiger charge is 2.22. The number of hydrogen-bond donors (Lipinski definition) is 0. The van der Waals surface area contributed by atoms with E-state index in [1.807, 2.05) is 23.4 Å². The molecule has 0 bridgehead atoms. The van der Waals surface area contributed by atoms with Gasteiger partial charge in [-0.1, -0.05) is 12.1 Å². The van der Waals surface area contributed by atoms with Crippen LogP contribution in [-0.4, -0.2) is 46.8 Å². The van der Waals surface area contributed by atoms with Gasteiger partial charge in [0.2, 0.25) is 5.91 Å². The summed E-state index contributed by atoms with van der Waals surface area (Å²) >= 11 is 0. The predicted molar refractivity (Wildman–Crippen MR) is 110 cm³/mol. The SMILES string of the molecule is Cc1cccc(N2CCN(C(=O)CCc3c(C)nn(CCC#N)c3C)CC2)c1. The number of aromatic nitrogens is 2. The van der Waals surface area contributed by atoms with E-state index in [1.54, 1.807) is 0 Å². The van der Waals surface area contributed by atoms with E-state index >= 15 is 0 Å². The molecule has 3 rings (SSSR count). The largest absolute Gasteiger partial charge is 0.368 e. The van der Waals surface area contributed by atoms with Gasteiger partial charge in [0, 0.05) is 44.0 Å². The first kappa shape index (κ1) is 19.9. The zero-order valence-corrected chi connectivity index (χ0v) is 17.1. The third-order valence-corrected chi connectivity index (χ3v) is 5.55. The molecular formula is C22H29N5O. The average molecular weight is 380 g/mol. The Kier molecular flexibility index (Phi) is 6.35. The Morgan fingerprint density at radius 3 is 2.61 bits per heavy atom. The highest BCUT2D eigenvalue weighted by Crippen LogP contribution is 2.19. The third-order valence-electron chi connectivity index (χ3n) is 5.55. The van der Waals surface area contributed by atoms with Crippen LogP contribution in [0.1, 0.15) is 35.4 Å². The molecule has 0 unspecified atom stereocenters. The fourth-order valence-corrected chi connectivity index (χ4v) is 3.90. The molecule has 0 spiro atoms. The minimum Gasteiger partial charge on any atom is -0.368 e. The number of piperazine rings is 1. The fourth-order valence-electron chi connectivity index (χ4n) is 3.90. The number of nitriles is 1. The number of aryl methyl sites for hydroxylation is 3. The predicted octanol–water partition coefficient (Wildman–Crippen LogP) is 3.00. The van der Waals surface area contributed by atoms with Crippen LogP contribution in [0.2, 0.25) is 0 Å². The van der Waals surface area contributed by atoms with Crippen LogP contribution in [0.15, 0.2) is 24.3 Å². The second kappa shape index (κ2) is 8.92. The minimum absolute atomic E-state index is 0.215. The van der Waals surface area contributed by atoms with Gasteiger partial charge < -0.3 is 9.80 Å². The van der Waals surface area contributed by atoms with Crippen LogP contribution in [0, 0.1) is 32.1 Å². The lowest BCUT2D eigenvalue weighted by molar-refractivity contribution is -0.131. The van der Waals surface area contributed by atoms with Crippen LogP contribution >= 0.6 is 0 Å². The molecule has 1 saturated heterocycles. The van der Waals surface area contributed by atoms with Gasteiger partial charge in [-0.15, -0.1) is 0 Å².